The van der Waals surface area contributed by atoms with Crippen LogP contribution in [0.25, 0.3) is 0 Å². The minimum Gasteiger partial charge on any atom is -0.428 e. The van der Waals surface area contributed by atoms with Gasteiger partial charge < -0.3 is 18.9 Å². The molecule has 20 heavy (non-hydrogen) atoms. The third-order valence-electron chi connectivity index (χ3n) is 3.38. The van der Waals surface area contributed by atoms with E-state index in [9.17, 15) is 9.70 Å². The average molecular weight is 279 g/mol. The van der Waals surface area contributed by atoms with Crippen molar-refractivity contribution in [1.82, 2.24) is 0 Å². The smallest absolute Gasteiger partial charge is 0.428 e. The Kier molecular flexibility index (Phi) is 3.62. The van der Waals surface area contributed by atoms with Gasteiger partial charge in [-0.2, -0.15) is 0 Å². The number of nitroso groups, excluding NO2 is 1. The molecular weight excluding hydrogens is 266 g/mol. The number of hydrogen-bond acceptors (Lipinski definition) is 7. The summed E-state index contributed by atoms with van der Waals surface area (Å²) < 4.78 is 21.0. The van der Waals surface area contributed by atoms with E-state index in [1.807, 2.05) is 0 Å². The van der Waals surface area contributed by atoms with Crippen molar-refractivity contribution in [2.24, 2.45) is 11.1 Å². The zero-order valence-electron chi connectivity index (χ0n) is 10.6. The van der Waals surface area contributed by atoms with Gasteiger partial charge in [0.05, 0.1) is 19.1 Å². The molecule has 3 rings (SSSR count). The summed E-state index contributed by atoms with van der Waals surface area (Å²) in [7, 11) is 0. The van der Waals surface area contributed by atoms with E-state index in [-0.39, 0.29) is 24.0 Å². The highest BCUT2D eigenvalue weighted by Gasteiger charge is 2.44. The molecule has 0 N–H and O–H groups in total. The number of benzene rings is 1. The van der Waals surface area contributed by atoms with Crippen LogP contribution >= 0.6 is 0 Å². The maximum Gasteiger partial charge on any atom is 0.514 e. The molecule has 0 amide bonds. The molecule has 7 nitrogen and oxygen atoms in total. The highest BCUT2D eigenvalue weighted by Crippen LogP contribution is 2.33. The van der Waals surface area contributed by atoms with Crippen molar-refractivity contribution in [3.05, 3.63) is 29.2 Å². The van der Waals surface area contributed by atoms with E-state index >= 15 is 0 Å². The summed E-state index contributed by atoms with van der Waals surface area (Å²) in [6.07, 6.45) is -0.600. The topological polar surface area (TPSA) is 83.4 Å². The maximum absolute atomic E-state index is 11.7. The lowest BCUT2D eigenvalue weighted by atomic mass is 10.0. The minimum absolute atomic E-state index is 0.0733. The first-order valence-corrected chi connectivity index (χ1v) is 6.31. The second kappa shape index (κ2) is 5.56. The summed E-state index contributed by atoms with van der Waals surface area (Å²) in [4.78, 5) is 22.0. The van der Waals surface area contributed by atoms with Crippen LogP contribution < -0.4 is 4.74 Å². The number of rotatable bonds is 3. The molecule has 0 spiro atoms. The number of nitrogens with zero attached hydrogens (tertiary/aromatic N) is 1. The van der Waals surface area contributed by atoms with Crippen LogP contribution in [0, 0.1) is 10.8 Å². The Hall–Kier alpha value is -1.99. The van der Waals surface area contributed by atoms with E-state index in [4.69, 9.17) is 18.9 Å². The van der Waals surface area contributed by atoms with Gasteiger partial charge in [0.25, 0.3) is 0 Å². The van der Waals surface area contributed by atoms with Crippen LogP contribution in [0.1, 0.15) is 6.42 Å². The first kappa shape index (κ1) is 13.0. The monoisotopic (exact) mass is 279 g/mol. The van der Waals surface area contributed by atoms with Crippen molar-refractivity contribution in [2.75, 3.05) is 13.2 Å². The van der Waals surface area contributed by atoms with Gasteiger partial charge in [-0.25, -0.2) is 4.79 Å². The largest absolute Gasteiger partial charge is 0.514 e. The van der Waals surface area contributed by atoms with Crippen LogP contribution in [0.2, 0.25) is 0 Å². The minimum atomic E-state index is -0.794. The van der Waals surface area contributed by atoms with Crippen molar-refractivity contribution < 1.29 is 23.7 Å². The molecule has 0 radical (unpaired) electrons. The molecule has 2 aliphatic heterocycles. The van der Waals surface area contributed by atoms with Gasteiger partial charge in [-0.3, -0.25) is 0 Å². The Morgan fingerprint density at radius 3 is 2.80 bits per heavy atom. The Balaban J connectivity index is 1.55. The van der Waals surface area contributed by atoms with Gasteiger partial charge in [0, 0.05) is 0 Å². The number of carbonyl (C=O) groups is 1. The van der Waals surface area contributed by atoms with E-state index in [0.29, 0.717) is 19.0 Å². The third-order valence-corrected chi connectivity index (χ3v) is 3.38. The molecule has 3 atom stereocenters. The zero-order chi connectivity index (χ0) is 13.9. The summed E-state index contributed by atoms with van der Waals surface area (Å²) in [5.74, 6) is 0.365. The van der Waals surface area contributed by atoms with Crippen LogP contribution in [-0.2, 0) is 14.2 Å². The highest BCUT2D eigenvalue weighted by atomic mass is 16.8. The predicted octanol–water partition coefficient (Wildman–Crippen LogP) is 2.36. The summed E-state index contributed by atoms with van der Waals surface area (Å²) in [5, 5.41) is 2.76. The molecule has 1 aromatic rings. The number of fused-ring (bicyclic) bond motifs is 1. The molecule has 2 heterocycles. The lowest BCUT2D eigenvalue weighted by Crippen LogP contribution is -2.27. The summed E-state index contributed by atoms with van der Waals surface area (Å²) >= 11 is 0. The molecule has 2 saturated heterocycles. The summed E-state index contributed by atoms with van der Waals surface area (Å²) in [5.41, 5.74) is 0.265. The van der Waals surface area contributed by atoms with E-state index in [1.54, 1.807) is 0 Å². The van der Waals surface area contributed by atoms with Gasteiger partial charge in [-0.05, 0) is 35.9 Å². The lowest BCUT2D eigenvalue weighted by molar-refractivity contribution is -0.0907. The standard InChI is InChI=1S/C13H13NO6/c15-13(19-9-3-1-8(14-16)2-4-9)20-11-7-18-12-10(11)5-6-17-12/h1-4,10-12H,5-7H2/t10-,11-,12+/m0/s1. The van der Waals surface area contributed by atoms with Crippen molar-refractivity contribution >= 4 is 11.8 Å². The predicted molar refractivity (Wildman–Crippen MR) is 66.6 cm³/mol. The van der Waals surface area contributed by atoms with Crippen molar-refractivity contribution in [3.63, 3.8) is 0 Å². The molecule has 0 aliphatic carbocycles. The van der Waals surface area contributed by atoms with E-state index in [2.05, 4.69) is 5.18 Å². The number of ether oxygens (including phenoxy) is 4. The van der Waals surface area contributed by atoms with Gasteiger partial charge >= 0.3 is 6.16 Å². The van der Waals surface area contributed by atoms with Gasteiger partial charge in [-0.1, -0.05) is 0 Å². The molecule has 1 aromatic carbocycles. The van der Waals surface area contributed by atoms with Crippen LogP contribution in [0.4, 0.5) is 10.5 Å². The van der Waals surface area contributed by atoms with Crippen molar-refractivity contribution in [2.45, 2.75) is 18.8 Å². The zero-order valence-corrected chi connectivity index (χ0v) is 10.6. The Morgan fingerprint density at radius 2 is 2.05 bits per heavy atom. The summed E-state index contributed by atoms with van der Waals surface area (Å²) in [6, 6.07) is 5.86. The third kappa shape index (κ3) is 2.63. The van der Waals surface area contributed by atoms with Crippen molar-refractivity contribution in [1.29, 1.82) is 0 Å². The molecule has 0 bridgehead atoms. The van der Waals surface area contributed by atoms with Gasteiger partial charge in [-0.15, -0.1) is 4.91 Å². The first-order chi connectivity index (χ1) is 9.76. The van der Waals surface area contributed by atoms with Crippen LogP contribution in [0.5, 0.6) is 5.75 Å². The quantitative estimate of drug-likeness (QED) is 0.480. The van der Waals surface area contributed by atoms with Crippen LogP contribution in [0.3, 0.4) is 0 Å². The Morgan fingerprint density at radius 1 is 1.25 bits per heavy atom. The second-order valence-corrected chi connectivity index (χ2v) is 4.62. The Bertz CT molecular complexity index is 502. The Labute approximate surface area is 114 Å². The first-order valence-electron chi connectivity index (χ1n) is 6.31. The van der Waals surface area contributed by atoms with E-state index in [1.165, 1.54) is 24.3 Å². The molecule has 2 aliphatic rings. The fourth-order valence-electron chi connectivity index (χ4n) is 2.37. The number of hydrogen-bond donors (Lipinski definition) is 0. The van der Waals surface area contributed by atoms with Crippen LogP contribution in [0.15, 0.2) is 29.4 Å². The molecule has 106 valence electrons. The lowest BCUT2D eigenvalue weighted by Gasteiger charge is -2.15. The fraction of sp³-hybridized carbons (Fsp3) is 0.462. The van der Waals surface area contributed by atoms with Crippen molar-refractivity contribution in [3.8, 4) is 5.75 Å². The fourth-order valence-corrected chi connectivity index (χ4v) is 2.37. The average Bonchev–Trinajstić information content (AvgIpc) is 3.05. The molecule has 7 heteroatoms. The van der Waals surface area contributed by atoms with Crippen LogP contribution in [-0.4, -0.2) is 31.8 Å². The molecule has 2 fully saturated rings. The second-order valence-electron chi connectivity index (χ2n) is 4.62. The molecule has 0 saturated carbocycles. The normalized spacial score (nSPS) is 27.9. The van der Waals surface area contributed by atoms with Gasteiger partial charge in [0.1, 0.15) is 17.5 Å². The number of carbonyl (C=O) groups excluding carboxylic acids is 1. The molecule has 0 aromatic heterocycles. The molecular formula is C13H13NO6. The van der Waals surface area contributed by atoms with E-state index in [0.717, 1.165) is 6.42 Å². The summed E-state index contributed by atoms with van der Waals surface area (Å²) in [6.45, 7) is 0.933. The van der Waals surface area contributed by atoms with Gasteiger partial charge in [0.15, 0.2) is 6.29 Å². The highest BCUT2D eigenvalue weighted by molar-refractivity contribution is 5.64. The SMILES string of the molecule is O=Nc1ccc(OC(=O)O[C@H]2CO[C@H]3OCC[C@H]32)cc1. The molecule has 0 unspecified atom stereocenters. The van der Waals surface area contributed by atoms with E-state index < -0.39 is 6.16 Å². The van der Waals surface area contributed by atoms with Gasteiger partial charge in [0.2, 0.25) is 0 Å². The maximum atomic E-state index is 11.7.